The van der Waals surface area contributed by atoms with E-state index < -0.39 is 5.91 Å². The highest BCUT2D eigenvalue weighted by Gasteiger charge is 2.10. The Morgan fingerprint density at radius 1 is 1.00 bits per heavy atom. The van der Waals surface area contributed by atoms with Crippen LogP contribution in [-0.4, -0.2) is 15.5 Å². The molecule has 1 amide bonds. The lowest BCUT2D eigenvalue weighted by molar-refractivity contribution is 0.100. The fourth-order valence-electron chi connectivity index (χ4n) is 3.09. The van der Waals surface area contributed by atoms with Crippen molar-refractivity contribution in [1.82, 2.24) is 9.55 Å². The first-order valence-corrected chi connectivity index (χ1v) is 7.37. The van der Waals surface area contributed by atoms with Crippen LogP contribution in [0.15, 0.2) is 60.9 Å². The van der Waals surface area contributed by atoms with Crippen LogP contribution in [0.5, 0.6) is 0 Å². The molecule has 0 aliphatic carbocycles. The van der Waals surface area contributed by atoms with Gasteiger partial charge in [-0.25, -0.2) is 0 Å². The molecule has 23 heavy (non-hydrogen) atoms. The molecule has 4 rings (SSSR count). The number of carbonyl (C=O) groups is 1. The van der Waals surface area contributed by atoms with Gasteiger partial charge in [-0.05, 0) is 41.5 Å². The minimum Gasteiger partial charge on any atom is -0.366 e. The van der Waals surface area contributed by atoms with E-state index in [-0.39, 0.29) is 0 Å². The number of pyridine rings is 1. The molecule has 0 aliphatic heterocycles. The minimum atomic E-state index is -0.413. The van der Waals surface area contributed by atoms with E-state index in [0.29, 0.717) is 5.56 Å². The summed E-state index contributed by atoms with van der Waals surface area (Å²) in [6, 6.07) is 15.7. The van der Waals surface area contributed by atoms with Crippen molar-refractivity contribution in [2.45, 2.75) is 0 Å². The summed E-state index contributed by atoms with van der Waals surface area (Å²) < 4.78 is 2.14. The summed E-state index contributed by atoms with van der Waals surface area (Å²) in [5, 5.41) is 2.34. The number of fused-ring (bicyclic) bond motifs is 3. The predicted molar refractivity (Wildman–Crippen MR) is 92.2 cm³/mol. The Balaban J connectivity index is 1.97. The van der Waals surface area contributed by atoms with Gasteiger partial charge in [-0.2, -0.15) is 0 Å². The van der Waals surface area contributed by atoms with Crippen LogP contribution >= 0.6 is 0 Å². The molecule has 112 valence electrons. The first-order chi connectivity index (χ1) is 11.1. The fraction of sp³-hybridized carbons (Fsp3) is 0.0526. The summed E-state index contributed by atoms with van der Waals surface area (Å²) in [7, 11) is 2.04. The fourth-order valence-corrected chi connectivity index (χ4v) is 3.09. The summed E-state index contributed by atoms with van der Waals surface area (Å²) in [5.74, 6) is -0.413. The molecule has 2 heterocycles. The van der Waals surface area contributed by atoms with Crippen LogP contribution in [0, 0.1) is 0 Å². The Morgan fingerprint density at radius 3 is 2.65 bits per heavy atom. The third-order valence-corrected chi connectivity index (χ3v) is 4.29. The van der Waals surface area contributed by atoms with E-state index in [1.54, 1.807) is 6.07 Å². The van der Waals surface area contributed by atoms with Crippen molar-refractivity contribution >= 4 is 27.7 Å². The van der Waals surface area contributed by atoms with Crippen LogP contribution in [0.4, 0.5) is 0 Å². The molecule has 0 saturated heterocycles. The molecule has 0 fully saturated rings. The smallest absolute Gasteiger partial charge is 0.248 e. The maximum atomic E-state index is 11.4. The van der Waals surface area contributed by atoms with Crippen LogP contribution in [-0.2, 0) is 7.05 Å². The number of rotatable bonds is 2. The van der Waals surface area contributed by atoms with Crippen LogP contribution < -0.4 is 5.73 Å². The molecule has 0 saturated carbocycles. The molecule has 2 N–H and O–H groups in total. The van der Waals surface area contributed by atoms with Gasteiger partial charge in [0.15, 0.2) is 0 Å². The second-order valence-corrected chi connectivity index (χ2v) is 5.63. The summed E-state index contributed by atoms with van der Waals surface area (Å²) in [6.45, 7) is 0. The zero-order chi connectivity index (χ0) is 16.0. The first-order valence-electron chi connectivity index (χ1n) is 7.37. The number of nitrogens with zero attached hydrogens (tertiary/aromatic N) is 2. The zero-order valence-corrected chi connectivity index (χ0v) is 12.7. The van der Waals surface area contributed by atoms with Gasteiger partial charge in [0.25, 0.3) is 0 Å². The Bertz CT molecular complexity index is 1060. The third-order valence-electron chi connectivity index (χ3n) is 4.29. The van der Waals surface area contributed by atoms with Crippen molar-refractivity contribution in [2.24, 2.45) is 12.8 Å². The summed E-state index contributed by atoms with van der Waals surface area (Å²) in [6.07, 6.45) is 3.69. The highest BCUT2D eigenvalue weighted by molar-refractivity contribution is 6.09. The zero-order valence-electron chi connectivity index (χ0n) is 12.7. The number of aromatic nitrogens is 2. The number of benzene rings is 2. The molecule has 0 unspecified atom stereocenters. The molecule has 2 aromatic heterocycles. The van der Waals surface area contributed by atoms with Crippen molar-refractivity contribution in [1.29, 1.82) is 0 Å². The average Bonchev–Trinajstić information content (AvgIpc) is 2.88. The lowest BCUT2D eigenvalue weighted by atomic mass is 10.0. The van der Waals surface area contributed by atoms with Gasteiger partial charge >= 0.3 is 0 Å². The molecule has 4 aromatic rings. The van der Waals surface area contributed by atoms with E-state index in [4.69, 9.17) is 5.73 Å². The van der Waals surface area contributed by atoms with E-state index in [9.17, 15) is 4.79 Å². The Labute approximate surface area is 133 Å². The van der Waals surface area contributed by atoms with Gasteiger partial charge in [0, 0.05) is 35.1 Å². The van der Waals surface area contributed by atoms with Crippen molar-refractivity contribution in [2.75, 3.05) is 0 Å². The second kappa shape index (κ2) is 4.95. The van der Waals surface area contributed by atoms with Crippen molar-refractivity contribution in [3.8, 4) is 11.1 Å². The number of amides is 1. The molecule has 0 atom stereocenters. The highest BCUT2D eigenvalue weighted by atomic mass is 16.1. The second-order valence-electron chi connectivity index (χ2n) is 5.63. The van der Waals surface area contributed by atoms with Crippen LogP contribution in [0.25, 0.3) is 32.9 Å². The largest absolute Gasteiger partial charge is 0.366 e. The summed E-state index contributed by atoms with van der Waals surface area (Å²) in [4.78, 5) is 15.6. The Kier molecular flexibility index (Phi) is 2.91. The van der Waals surface area contributed by atoms with Crippen molar-refractivity contribution < 1.29 is 4.79 Å². The highest BCUT2D eigenvalue weighted by Crippen LogP contribution is 2.31. The quantitative estimate of drug-likeness (QED) is 0.616. The minimum absolute atomic E-state index is 0.413. The monoisotopic (exact) mass is 301 g/mol. The first kappa shape index (κ1) is 13.5. The average molecular weight is 301 g/mol. The number of hydrogen-bond donors (Lipinski definition) is 1. The maximum Gasteiger partial charge on any atom is 0.248 e. The maximum absolute atomic E-state index is 11.4. The molecule has 4 nitrogen and oxygen atoms in total. The number of carbonyl (C=O) groups excluding carboxylic acids is 1. The normalized spacial score (nSPS) is 11.2. The molecule has 0 spiro atoms. The molecular weight excluding hydrogens is 286 g/mol. The van der Waals surface area contributed by atoms with Crippen LogP contribution in [0.2, 0.25) is 0 Å². The van der Waals surface area contributed by atoms with Gasteiger partial charge in [-0.1, -0.05) is 18.2 Å². The van der Waals surface area contributed by atoms with E-state index in [1.165, 1.54) is 10.8 Å². The van der Waals surface area contributed by atoms with Gasteiger partial charge in [-0.15, -0.1) is 0 Å². The number of primary amides is 1. The third kappa shape index (κ3) is 2.07. The van der Waals surface area contributed by atoms with Gasteiger partial charge in [0.1, 0.15) is 0 Å². The van der Waals surface area contributed by atoms with Gasteiger partial charge in [0.05, 0.1) is 11.7 Å². The van der Waals surface area contributed by atoms with Crippen LogP contribution in [0.3, 0.4) is 0 Å². The summed E-state index contributed by atoms with van der Waals surface area (Å²) >= 11 is 0. The molecule has 4 heteroatoms. The molecular formula is C19H15N3O. The standard InChI is InChI=1S/C19H15N3O/c1-22-17-6-5-13(12-3-2-4-14(9-12)19(20)23)10-16(17)15-7-8-21-11-18(15)22/h2-11H,1H3,(H2,20,23). The Hall–Kier alpha value is -3.14. The topological polar surface area (TPSA) is 60.9 Å². The Morgan fingerprint density at radius 2 is 1.83 bits per heavy atom. The number of nitrogens with two attached hydrogens (primary N) is 1. The lowest BCUT2D eigenvalue weighted by Crippen LogP contribution is -2.10. The SMILES string of the molecule is Cn1c2ccc(-c3cccc(C(N)=O)c3)cc2c2ccncc21. The lowest BCUT2D eigenvalue weighted by Gasteiger charge is -2.05. The van der Waals surface area contributed by atoms with Gasteiger partial charge in [0.2, 0.25) is 5.91 Å². The molecule has 0 bridgehead atoms. The van der Waals surface area contributed by atoms with Gasteiger partial charge < -0.3 is 10.3 Å². The van der Waals surface area contributed by atoms with E-state index in [2.05, 4.69) is 27.8 Å². The van der Waals surface area contributed by atoms with Gasteiger partial charge in [-0.3, -0.25) is 9.78 Å². The molecule has 2 aromatic carbocycles. The predicted octanol–water partition coefficient (Wildman–Crippen LogP) is 3.49. The number of hydrogen-bond acceptors (Lipinski definition) is 2. The van der Waals surface area contributed by atoms with E-state index in [0.717, 1.165) is 22.2 Å². The molecule has 0 radical (unpaired) electrons. The van der Waals surface area contributed by atoms with Crippen molar-refractivity contribution in [3.05, 3.63) is 66.5 Å². The summed E-state index contributed by atoms with van der Waals surface area (Å²) in [5.41, 5.74) is 10.2. The van der Waals surface area contributed by atoms with Crippen molar-refractivity contribution in [3.63, 3.8) is 0 Å². The van der Waals surface area contributed by atoms with E-state index >= 15 is 0 Å². The van der Waals surface area contributed by atoms with Crippen LogP contribution in [0.1, 0.15) is 10.4 Å². The molecule has 0 aliphatic rings. The van der Waals surface area contributed by atoms with E-state index in [1.807, 2.05) is 43.7 Å². The number of aryl methyl sites for hydroxylation is 1.